The van der Waals surface area contributed by atoms with Crippen LogP contribution in [-0.2, 0) is 4.79 Å². The lowest BCUT2D eigenvalue weighted by Gasteiger charge is -2.08. The van der Waals surface area contributed by atoms with Crippen molar-refractivity contribution in [2.24, 2.45) is 5.73 Å². The predicted molar refractivity (Wildman–Crippen MR) is 48.6 cm³/mol. The highest BCUT2D eigenvalue weighted by Crippen LogP contribution is 2.18. The molecule has 1 rings (SSSR count). The van der Waals surface area contributed by atoms with Crippen LogP contribution >= 0.6 is 0 Å². The van der Waals surface area contributed by atoms with E-state index in [1.165, 1.54) is 6.92 Å². The molecular weight excluding hydrogens is 209 g/mol. The number of hydrogen-bond donors (Lipinski definition) is 2. The van der Waals surface area contributed by atoms with Crippen molar-refractivity contribution in [3.8, 4) is 0 Å². The summed E-state index contributed by atoms with van der Waals surface area (Å²) in [6.45, 7) is 1.38. The van der Waals surface area contributed by atoms with E-state index in [9.17, 15) is 18.0 Å². The number of benzene rings is 1. The van der Waals surface area contributed by atoms with Gasteiger partial charge < -0.3 is 11.1 Å². The minimum atomic E-state index is -1.31. The Morgan fingerprint density at radius 3 is 2.33 bits per heavy atom. The maximum atomic E-state index is 13.0. The molecule has 0 spiro atoms. The molecule has 82 valence electrons. The summed E-state index contributed by atoms with van der Waals surface area (Å²) < 4.78 is 38.2. The maximum Gasteiger partial charge on any atom is 0.241 e. The number of rotatable bonds is 2. The number of nitrogens with one attached hydrogen (secondary N) is 1. The highest BCUT2D eigenvalue weighted by molar-refractivity contribution is 5.94. The molecule has 0 aromatic heterocycles. The summed E-state index contributed by atoms with van der Waals surface area (Å²) in [4.78, 5) is 11.0. The van der Waals surface area contributed by atoms with E-state index < -0.39 is 35.1 Å². The van der Waals surface area contributed by atoms with Crippen LogP contribution in [0.3, 0.4) is 0 Å². The average Bonchev–Trinajstić information content (AvgIpc) is 2.13. The van der Waals surface area contributed by atoms with Gasteiger partial charge in [-0.25, -0.2) is 13.2 Å². The molecule has 3 N–H and O–H groups in total. The van der Waals surface area contributed by atoms with Gasteiger partial charge in [0.05, 0.1) is 11.7 Å². The van der Waals surface area contributed by atoms with Gasteiger partial charge in [0.15, 0.2) is 11.6 Å². The van der Waals surface area contributed by atoms with E-state index in [-0.39, 0.29) is 0 Å². The van der Waals surface area contributed by atoms with E-state index in [2.05, 4.69) is 0 Å². The van der Waals surface area contributed by atoms with Gasteiger partial charge in [0.2, 0.25) is 5.91 Å². The minimum absolute atomic E-state index is 0.353. The molecule has 1 atom stereocenters. The molecule has 0 saturated carbocycles. The van der Waals surface area contributed by atoms with Crippen molar-refractivity contribution in [1.82, 2.24) is 0 Å². The number of carbonyl (C=O) groups excluding carboxylic acids is 1. The van der Waals surface area contributed by atoms with Crippen molar-refractivity contribution in [2.45, 2.75) is 13.0 Å². The summed E-state index contributed by atoms with van der Waals surface area (Å²) in [7, 11) is 0. The molecule has 0 unspecified atom stereocenters. The average molecular weight is 218 g/mol. The number of hydrogen-bond acceptors (Lipinski definition) is 2. The lowest BCUT2D eigenvalue weighted by molar-refractivity contribution is -0.117. The highest BCUT2D eigenvalue weighted by Gasteiger charge is 2.13. The topological polar surface area (TPSA) is 55.1 Å². The van der Waals surface area contributed by atoms with Gasteiger partial charge in [0.25, 0.3) is 0 Å². The smallest absolute Gasteiger partial charge is 0.241 e. The van der Waals surface area contributed by atoms with Crippen LogP contribution in [0.5, 0.6) is 0 Å². The molecule has 15 heavy (non-hydrogen) atoms. The third-order valence-electron chi connectivity index (χ3n) is 1.68. The van der Waals surface area contributed by atoms with Crippen molar-refractivity contribution in [3.63, 3.8) is 0 Å². The van der Waals surface area contributed by atoms with E-state index in [0.717, 1.165) is 0 Å². The second-order valence-corrected chi connectivity index (χ2v) is 3.02. The Bertz CT molecular complexity index is 393. The van der Waals surface area contributed by atoms with Gasteiger partial charge in [0.1, 0.15) is 5.82 Å². The summed E-state index contributed by atoms with van der Waals surface area (Å²) in [5.41, 5.74) is 4.77. The first-order valence-electron chi connectivity index (χ1n) is 4.13. The molecule has 1 aromatic rings. The summed E-state index contributed by atoms with van der Waals surface area (Å²) in [6.07, 6.45) is 0. The Morgan fingerprint density at radius 2 is 1.80 bits per heavy atom. The summed E-state index contributed by atoms with van der Waals surface area (Å²) in [5.74, 6) is -4.29. The fraction of sp³-hybridized carbons (Fsp3) is 0.222. The van der Waals surface area contributed by atoms with Crippen LogP contribution < -0.4 is 11.1 Å². The molecule has 0 fully saturated rings. The van der Waals surface area contributed by atoms with Gasteiger partial charge in [-0.15, -0.1) is 0 Å². The monoisotopic (exact) mass is 218 g/mol. The van der Waals surface area contributed by atoms with Crippen molar-refractivity contribution in [1.29, 1.82) is 0 Å². The molecule has 0 saturated heterocycles. The molecule has 3 nitrogen and oxygen atoms in total. The molecule has 0 aliphatic carbocycles. The maximum absolute atomic E-state index is 13.0. The zero-order chi connectivity index (χ0) is 11.6. The zero-order valence-electron chi connectivity index (χ0n) is 7.85. The fourth-order valence-corrected chi connectivity index (χ4v) is 0.865. The van der Waals surface area contributed by atoms with Crippen LogP contribution in [0.4, 0.5) is 18.9 Å². The van der Waals surface area contributed by atoms with Gasteiger partial charge in [-0.05, 0) is 6.92 Å². The molecular formula is C9H9F3N2O. The van der Waals surface area contributed by atoms with Gasteiger partial charge in [0, 0.05) is 12.1 Å². The summed E-state index contributed by atoms with van der Waals surface area (Å²) in [6, 6.07) is 0.0504. The Hall–Kier alpha value is -1.56. The lowest BCUT2D eigenvalue weighted by Crippen LogP contribution is -2.32. The molecule has 0 aliphatic heterocycles. The Labute approximate surface area is 84.1 Å². The first kappa shape index (κ1) is 11.5. The van der Waals surface area contributed by atoms with Crippen molar-refractivity contribution in [2.75, 3.05) is 5.32 Å². The van der Waals surface area contributed by atoms with E-state index in [0.29, 0.717) is 12.1 Å². The number of nitrogens with two attached hydrogens (primary N) is 1. The Kier molecular flexibility index (Phi) is 3.31. The Morgan fingerprint density at radius 1 is 1.27 bits per heavy atom. The molecule has 1 amide bonds. The number of halogens is 3. The van der Waals surface area contributed by atoms with Crippen LogP contribution in [0.2, 0.25) is 0 Å². The predicted octanol–water partition coefficient (Wildman–Crippen LogP) is 1.39. The minimum Gasteiger partial charge on any atom is -0.322 e. The summed E-state index contributed by atoms with van der Waals surface area (Å²) in [5, 5.41) is 2.03. The molecule has 0 aliphatic rings. The van der Waals surface area contributed by atoms with Crippen LogP contribution in [0.25, 0.3) is 0 Å². The van der Waals surface area contributed by atoms with E-state index in [1.807, 2.05) is 5.32 Å². The number of anilines is 1. The quantitative estimate of drug-likeness (QED) is 0.737. The normalized spacial score (nSPS) is 12.3. The lowest BCUT2D eigenvalue weighted by atomic mass is 10.2. The van der Waals surface area contributed by atoms with Crippen molar-refractivity contribution < 1.29 is 18.0 Å². The Balaban J connectivity index is 2.96. The van der Waals surface area contributed by atoms with Crippen LogP contribution in [0.15, 0.2) is 12.1 Å². The first-order valence-corrected chi connectivity index (χ1v) is 4.13. The molecule has 0 radical (unpaired) electrons. The van der Waals surface area contributed by atoms with Gasteiger partial charge in [-0.2, -0.15) is 0 Å². The summed E-state index contributed by atoms with van der Waals surface area (Å²) >= 11 is 0. The van der Waals surface area contributed by atoms with E-state index in [4.69, 9.17) is 5.73 Å². The van der Waals surface area contributed by atoms with Gasteiger partial charge >= 0.3 is 0 Å². The largest absolute Gasteiger partial charge is 0.322 e. The second-order valence-electron chi connectivity index (χ2n) is 3.02. The van der Waals surface area contributed by atoms with Gasteiger partial charge in [-0.1, -0.05) is 0 Å². The number of carbonyl (C=O) groups is 1. The molecule has 6 heteroatoms. The zero-order valence-corrected chi connectivity index (χ0v) is 7.85. The van der Waals surface area contributed by atoms with Crippen molar-refractivity contribution >= 4 is 11.6 Å². The second kappa shape index (κ2) is 4.31. The molecule has 1 aromatic carbocycles. The fourth-order valence-electron chi connectivity index (χ4n) is 0.865. The van der Waals surface area contributed by atoms with Crippen LogP contribution in [0.1, 0.15) is 6.92 Å². The van der Waals surface area contributed by atoms with Gasteiger partial charge in [-0.3, -0.25) is 4.79 Å². The highest BCUT2D eigenvalue weighted by atomic mass is 19.2. The number of amides is 1. The van der Waals surface area contributed by atoms with E-state index in [1.54, 1.807) is 0 Å². The van der Waals surface area contributed by atoms with Crippen LogP contribution in [-0.4, -0.2) is 11.9 Å². The third kappa shape index (κ3) is 2.69. The molecule has 0 heterocycles. The standard InChI is InChI=1S/C9H9F3N2O/c1-4(13)9(15)14-8-3-6(11)5(10)2-7(8)12/h2-4H,13H2,1H3,(H,14,15)/t4-/m1/s1. The first-order chi connectivity index (χ1) is 6.91. The SMILES string of the molecule is C[C@@H](N)C(=O)Nc1cc(F)c(F)cc1F. The van der Waals surface area contributed by atoms with E-state index >= 15 is 0 Å². The van der Waals surface area contributed by atoms with Crippen molar-refractivity contribution in [3.05, 3.63) is 29.6 Å². The van der Waals surface area contributed by atoms with Crippen LogP contribution in [0, 0.1) is 17.5 Å². The third-order valence-corrected chi connectivity index (χ3v) is 1.68. The molecule has 0 bridgehead atoms.